The molecule has 1 fully saturated rings. The number of H-pyrrole nitrogens is 1. The smallest absolute Gasteiger partial charge is 0.203 e. The topological polar surface area (TPSA) is 44.8 Å². The number of imidazole rings is 1. The molecule has 1 aliphatic heterocycles. The minimum absolute atomic E-state index is 0.767. The number of hydrogen-bond donors (Lipinski definition) is 1. The summed E-state index contributed by atoms with van der Waals surface area (Å²) in [6.45, 7) is 4.25. The quantitative estimate of drug-likeness (QED) is 0.503. The van der Waals surface area contributed by atoms with Crippen LogP contribution in [0.25, 0.3) is 22.2 Å². The molecule has 3 heterocycles. The Morgan fingerprint density at radius 3 is 2.45 bits per heavy atom. The van der Waals surface area contributed by atoms with E-state index in [1.807, 2.05) is 24.4 Å². The second kappa shape index (κ2) is 7.44. The lowest BCUT2D eigenvalue weighted by Gasteiger charge is -2.12. The Hall–Kier alpha value is -3.58. The molecule has 29 heavy (non-hydrogen) atoms. The van der Waals surface area contributed by atoms with Crippen LogP contribution in [-0.2, 0) is 0 Å². The van der Waals surface area contributed by atoms with Crippen molar-refractivity contribution < 1.29 is 0 Å². The highest BCUT2D eigenvalue weighted by molar-refractivity contribution is 5.79. The summed E-state index contributed by atoms with van der Waals surface area (Å²) < 4.78 is 0. The first-order valence-corrected chi connectivity index (χ1v) is 10.0. The standard InChI is InChI=1S/C25H22N4/c1-18-4-8-20(9-5-18)21-10-12-22(26-17-21)11-6-19-7-13-23-24(16-19)28-25(27-23)29-14-2-3-15-29/h4-5,7-10,12-13,16-17H,2-3,14-15H2,1H3,(H,27,28). The highest BCUT2D eigenvalue weighted by Crippen LogP contribution is 2.22. The van der Waals surface area contributed by atoms with Crippen molar-refractivity contribution in [1.82, 2.24) is 15.0 Å². The van der Waals surface area contributed by atoms with Gasteiger partial charge in [0.1, 0.15) is 5.69 Å². The molecule has 4 aromatic rings. The molecule has 0 atom stereocenters. The van der Waals surface area contributed by atoms with Crippen LogP contribution in [0.4, 0.5) is 5.95 Å². The minimum Gasteiger partial charge on any atom is -0.342 e. The van der Waals surface area contributed by atoms with Gasteiger partial charge in [0.05, 0.1) is 11.0 Å². The van der Waals surface area contributed by atoms with E-state index in [4.69, 9.17) is 4.98 Å². The summed E-state index contributed by atoms with van der Waals surface area (Å²) in [5.41, 5.74) is 7.26. The Labute approximate surface area is 170 Å². The third-order valence-corrected chi connectivity index (χ3v) is 5.36. The first-order chi connectivity index (χ1) is 14.2. The Bertz CT molecular complexity index is 1200. The lowest BCUT2D eigenvalue weighted by atomic mass is 10.1. The summed E-state index contributed by atoms with van der Waals surface area (Å²) in [7, 11) is 0. The second-order valence-corrected chi connectivity index (χ2v) is 7.53. The molecular formula is C25H22N4. The van der Waals surface area contributed by atoms with Gasteiger partial charge in [0, 0.05) is 30.4 Å². The molecule has 0 aliphatic carbocycles. The van der Waals surface area contributed by atoms with Gasteiger partial charge in [-0.3, -0.25) is 0 Å². The van der Waals surface area contributed by atoms with Crippen molar-refractivity contribution >= 4 is 17.0 Å². The molecule has 0 radical (unpaired) electrons. The highest BCUT2D eigenvalue weighted by atomic mass is 15.3. The van der Waals surface area contributed by atoms with E-state index in [0.717, 1.165) is 46.9 Å². The fraction of sp³-hybridized carbons (Fsp3) is 0.200. The van der Waals surface area contributed by atoms with Crippen LogP contribution in [0.1, 0.15) is 29.7 Å². The van der Waals surface area contributed by atoms with Crippen molar-refractivity contribution in [1.29, 1.82) is 0 Å². The van der Waals surface area contributed by atoms with Crippen molar-refractivity contribution in [3.63, 3.8) is 0 Å². The maximum absolute atomic E-state index is 4.71. The van der Waals surface area contributed by atoms with E-state index in [2.05, 4.69) is 70.0 Å². The number of hydrogen-bond acceptors (Lipinski definition) is 3. The number of aromatic nitrogens is 3. The zero-order valence-electron chi connectivity index (χ0n) is 16.4. The molecule has 0 amide bonds. The van der Waals surface area contributed by atoms with E-state index in [9.17, 15) is 0 Å². The molecule has 2 aromatic carbocycles. The number of nitrogens with zero attached hydrogens (tertiary/aromatic N) is 3. The van der Waals surface area contributed by atoms with Crippen LogP contribution in [0.3, 0.4) is 0 Å². The molecule has 5 rings (SSSR count). The normalized spacial score (nSPS) is 13.5. The molecule has 0 unspecified atom stereocenters. The van der Waals surface area contributed by atoms with E-state index < -0.39 is 0 Å². The largest absolute Gasteiger partial charge is 0.342 e. The number of rotatable bonds is 2. The van der Waals surface area contributed by atoms with Crippen LogP contribution in [0.5, 0.6) is 0 Å². The predicted octanol–water partition coefficient (Wildman–Crippen LogP) is 4.93. The van der Waals surface area contributed by atoms with Gasteiger partial charge in [0.2, 0.25) is 5.95 Å². The summed E-state index contributed by atoms with van der Waals surface area (Å²) in [6, 6.07) is 18.6. The van der Waals surface area contributed by atoms with Crippen LogP contribution in [0, 0.1) is 18.8 Å². The van der Waals surface area contributed by atoms with Crippen molar-refractivity contribution in [3.8, 4) is 23.0 Å². The molecular weight excluding hydrogens is 356 g/mol. The molecule has 4 heteroatoms. The van der Waals surface area contributed by atoms with Crippen molar-refractivity contribution in [3.05, 3.63) is 77.6 Å². The van der Waals surface area contributed by atoms with Crippen LogP contribution in [0.15, 0.2) is 60.8 Å². The minimum atomic E-state index is 0.767. The van der Waals surface area contributed by atoms with Crippen molar-refractivity contribution in [2.75, 3.05) is 18.0 Å². The predicted molar refractivity (Wildman–Crippen MR) is 118 cm³/mol. The number of aryl methyl sites for hydroxylation is 1. The van der Waals surface area contributed by atoms with Gasteiger partial charge >= 0.3 is 0 Å². The molecule has 0 spiro atoms. The number of pyridine rings is 1. The van der Waals surface area contributed by atoms with Gasteiger partial charge in [0.15, 0.2) is 0 Å². The zero-order chi connectivity index (χ0) is 19.6. The van der Waals surface area contributed by atoms with Gasteiger partial charge in [-0.2, -0.15) is 0 Å². The number of aromatic amines is 1. The molecule has 1 N–H and O–H groups in total. The summed E-state index contributed by atoms with van der Waals surface area (Å²) in [5, 5.41) is 0. The van der Waals surface area contributed by atoms with Crippen molar-refractivity contribution in [2.24, 2.45) is 0 Å². The highest BCUT2D eigenvalue weighted by Gasteiger charge is 2.15. The molecule has 2 aromatic heterocycles. The van der Waals surface area contributed by atoms with Crippen LogP contribution in [0.2, 0.25) is 0 Å². The molecule has 0 bridgehead atoms. The van der Waals surface area contributed by atoms with Gasteiger partial charge in [-0.15, -0.1) is 0 Å². The molecule has 142 valence electrons. The number of benzene rings is 2. The number of nitrogens with one attached hydrogen (secondary N) is 1. The third-order valence-electron chi connectivity index (χ3n) is 5.36. The van der Waals surface area contributed by atoms with E-state index in [1.54, 1.807) is 0 Å². The number of fused-ring (bicyclic) bond motifs is 1. The first kappa shape index (κ1) is 17.5. The molecule has 1 saturated heterocycles. The summed E-state index contributed by atoms with van der Waals surface area (Å²) in [4.78, 5) is 15.0. The monoisotopic (exact) mass is 378 g/mol. The van der Waals surface area contributed by atoms with Gasteiger partial charge in [-0.25, -0.2) is 9.97 Å². The van der Waals surface area contributed by atoms with Crippen LogP contribution >= 0.6 is 0 Å². The first-order valence-electron chi connectivity index (χ1n) is 10.0. The SMILES string of the molecule is Cc1ccc(-c2ccc(C#Cc3ccc4nc(N5CCCC5)[nH]c4c3)nc2)cc1. The maximum Gasteiger partial charge on any atom is 0.203 e. The van der Waals surface area contributed by atoms with Gasteiger partial charge in [-0.05, 0) is 55.5 Å². The lowest BCUT2D eigenvalue weighted by molar-refractivity contribution is 0.922. The molecule has 0 saturated carbocycles. The van der Waals surface area contributed by atoms with E-state index >= 15 is 0 Å². The van der Waals surface area contributed by atoms with Gasteiger partial charge in [-0.1, -0.05) is 41.8 Å². The molecule has 4 nitrogen and oxygen atoms in total. The van der Waals surface area contributed by atoms with E-state index in [-0.39, 0.29) is 0 Å². The van der Waals surface area contributed by atoms with Crippen LogP contribution in [-0.4, -0.2) is 28.0 Å². The second-order valence-electron chi connectivity index (χ2n) is 7.53. The Morgan fingerprint density at radius 2 is 1.69 bits per heavy atom. The summed E-state index contributed by atoms with van der Waals surface area (Å²) in [6.07, 6.45) is 4.36. The Balaban J connectivity index is 1.36. The molecule has 1 aliphatic rings. The lowest BCUT2D eigenvalue weighted by Crippen LogP contribution is -2.18. The van der Waals surface area contributed by atoms with Crippen molar-refractivity contribution in [2.45, 2.75) is 19.8 Å². The van der Waals surface area contributed by atoms with E-state index in [1.165, 1.54) is 24.0 Å². The Kier molecular flexibility index (Phi) is 4.50. The zero-order valence-corrected chi connectivity index (χ0v) is 16.4. The number of anilines is 1. The third kappa shape index (κ3) is 3.72. The van der Waals surface area contributed by atoms with Gasteiger partial charge in [0.25, 0.3) is 0 Å². The van der Waals surface area contributed by atoms with Crippen LogP contribution < -0.4 is 4.90 Å². The van der Waals surface area contributed by atoms with E-state index in [0.29, 0.717) is 0 Å². The maximum atomic E-state index is 4.71. The fourth-order valence-electron chi connectivity index (χ4n) is 3.67. The fourth-order valence-corrected chi connectivity index (χ4v) is 3.67. The Morgan fingerprint density at radius 1 is 0.897 bits per heavy atom. The summed E-state index contributed by atoms with van der Waals surface area (Å²) >= 11 is 0. The average molecular weight is 378 g/mol. The summed E-state index contributed by atoms with van der Waals surface area (Å²) in [5.74, 6) is 7.36. The average Bonchev–Trinajstić information content (AvgIpc) is 3.42. The van der Waals surface area contributed by atoms with Gasteiger partial charge < -0.3 is 9.88 Å².